The number of fused-ring (bicyclic) bond motifs is 4. The van der Waals surface area contributed by atoms with Crippen LogP contribution in [0, 0.1) is 33.5 Å². The first-order chi connectivity index (χ1) is 37.8. The van der Waals surface area contributed by atoms with Gasteiger partial charge in [-0.3, -0.25) is 8.98 Å². The number of rotatable bonds is 16. The summed E-state index contributed by atoms with van der Waals surface area (Å²) in [6.45, 7) is 13.1. The van der Waals surface area contributed by atoms with Crippen molar-refractivity contribution in [1.29, 1.82) is 0 Å². The molecule has 5 heterocycles. The number of esters is 1. The van der Waals surface area contributed by atoms with Crippen molar-refractivity contribution < 1.29 is 155 Å². The van der Waals surface area contributed by atoms with Gasteiger partial charge in [-0.2, -0.15) is 0 Å². The summed E-state index contributed by atoms with van der Waals surface area (Å²) < 4.78 is 99.6. The van der Waals surface area contributed by atoms with E-state index in [1.165, 1.54) is 14.0 Å². The van der Waals surface area contributed by atoms with E-state index in [4.69, 9.17) is 47.4 Å². The molecule has 1 spiro atoms. The molecule has 0 aromatic heterocycles. The average Bonchev–Trinajstić information content (AvgIpc) is 1.59. The standard InChI is InChI=1S/C54H86O26S.Na/c1-23(2)11-10-15-52(8)53(66)18-17-51(7)25-12-13-30-49(4,5)32(14-16-50(30,6)26(25)19-31(57)54(51,53)48(65)79-52)75-47-43(35(60)29(22-71-47)80-81(67,68)69)78-44-37(62)36(61)40(24(3)72-44)76-46-39(64)42(34(59)28(21-56)74-46)77-45-38(63)41(70-9)33(58)27(20-55)73-45;/h11,19,24-25,27-47,55-64,66H,10,12-18,20-22H2,1-9H3,(H,67,68,69);/q;+1/p-1/t24?,25-,27?,28?,29-,30?,31+,32+,33-,34-,35?,36?,37?,38?,39?,40-,41?,42?,43+,44+,45+,46+,47?,50-,51+,52+,53+,54?;/m1./s1. The van der Waals surface area contributed by atoms with E-state index < -0.39 is 198 Å². The van der Waals surface area contributed by atoms with Gasteiger partial charge in [-0.25, -0.2) is 8.42 Å². The van der Waals surface area contributed by atoms with Crippen molar-refractivity contribution in [3.05, 3.63) is 23.3 Å². The third-order valence-corrected chi connectivity index (χ3v) is 21.0. The molecule has 26 nitrogen and oxygen atoms in total. The maximum Gasteiger partial charge on any atom is 1.00 e. The molecule has 0 aromatic rings. The SMILES string of the molecule is COC1C(O)[C@H](OC2C(O)[C@H](O[C@@H]3C(C)O[C@@H](O[C@@H]4C(O[C@H]5CC[C@]6(C)C7=C[C@H](O)C89C(=O)O[C@@](C)(CCC=C(C)C)[C@@]8(O)CC[C@@]9(C)[C@@H]7CCC6C5(C)C)OC[C@@H](OS(=O)(=O)[O-])C4O)C(O)C3O)OC(CO)[C@H]2O)OC(CO)[C@H]1O.[Na+]. The molecule has 0 radical (unpaired) electrons. The quantitative estimate of drug-likeness (QED) is 0.0172. The zero-order valence-electron chi connectivity index (χ0n) is 48.2. The van der Waals surface area contributed by atoms with Crippen LogP contribution in [0.4, 0.5) is 0 Å². The van der Waals surface area contributed by atoms with E-state index in [9.17, 15) is 73.9 Å². The molecule has 13 unspecified atom stereocenters. The summed E-state index contributed by atoms with van der Waals surface area (Å²) in [6.07, 6.45) is -26.8. The van der Waals surface area contributed by atoms with Crippen LogP contribution in [0.25, 0.3) is 0 Å². The summed E-state index contributed by atoms with van der Waals surface area (Å²) in [5.41, 5.74) is -4.51. The summed E-state index contributed by atoms with van der Waals surface area (Å²) in [5.74, 6) is -0.905. The molecule has 28 atom stereocenters. The molecular formula is C54H85NaO26S. The number of allylic oxidation sites excluding steroid dienone is 3. The second-order valence-electron chi connectivity index (χ2n) is 25.5. The van der Waals surface area contributed by atoms with Crippen LogP contribution >= 0.6 is 0 Å². The Labute approximate surface area is 499 Å². The smallest absolute Gasteiger partial charge is 0.726 e. The summed E-state index contributed by atoms with van der Waals surface area (Å²) in [5, 5.41) is 124. The van der Waals surface area contributed by atoms with Gasteiger partial charge in [0.1, 0.15) is 102 Å². The zero-order valence-corrected chi connectivity index (χ0v) is 51.0. The molecule has 0 aromatic carbocycles. The van der Waals surface area contributed by atoms with Crippen molar-refractivity contribution in [1.82, 2.24) is 0 Å². The van der Waals surface area contributed by atoms with Crippen molar-refractivity contribution >= 4 is 16.4 Å². The van der Waals surface area contributed by atoms with Crippen LogP contribution in [0.15, 0.2) is 23.3 Å². The van der Waals surface area contributed by atoms with Gasteiger partial charge in [-0.15, -0.1) is 0 Å². The number of methoxy groups -OCH3 is 1. The van der Waals surface area contributed by atoms with Gasteiger partial charge >= 0.3 is 35.5 Å². The van der Waals surface area contributed by atoms with Gasteiger partial charge in [0, 0.05) is 7.11 Å². The molecule has 4 aliphatic carbocycles. The summed E-state index contributed by atoms with van der Waals surface area (Å²) in [4.78, 5) is 14.5. The Balaban J connectivity index is 0.00000880. The van der Waals surface area contributed by atoms with E-state index in [-0.39, 0.29) is 47.8 Å². The first kappa shape index (κ1) is 67.0. The average molecular weight is 1210 g/mol. The van der Waals surface area contributed by atoms with Crippen LogP contribution in [-0.2, 0) is 66.7 Å². The van der Waals surface area contributed by atoms with Crippen molar-refractivity contribution in [3.63, 3.8) is 0 Å². The normalized spacial score (nSPS) is 50.9. The minimum atomic E-state index is -5.44. The van der Waals surface area contributed by atoms with Crippen LogP contribution in [-0.4, -0.2) is 242 Å². The number of aliphatic hydroxyl groups excluding tert-OH is 10. The van der Waals surface area contributed by atoms with Gasteiger partial charge in [-0.05, 0) is 107 Å². The Bertz CT molecular complexity index is 2450. The fraction of sp³-hybridized carbons (Fsp3) is 0.907. The first-order valence-corrected chi connectivity index (χ1v) is 29.5. The molecule has 11 N–H and O–H groups in total. The van der Waals surface area contributed by atoms with E-state index in [2.05, 4.69) is 11.1 Å². The second kappa shape index (κ2) is 24.4. The Kier molecular flexibility index (Phi) is 19.9. The topological polar surface area (TPSA) is 398 Å². The molecule has 3 saturated carbocycles. The van der Waals surface area contributed by atoms with Gasteiger partial charge in [-0.1, -0.05) is 51.0 Å². The van der Waals surface area contributed by atoms with E-state index in [0.717, 1.165) is 11.1 Å². The Morgan fingerprint density at radius 3 is 1.91 bits per heavy atom. The molecule has 28 heteroatoms. The summed E-state index contributed by atoms with van der Waals surface area (Å²) >= 11 is 0. The van der Waals surface area contributed by atoms with E-state index >= 15 is 0 Å². The molecule has 82 heavy (non-hydrogen) atoms. The van der Waals surface area contributed by atoms with Crippen molar-refractivity contribution in [3.8, 4) is 0 Å². The van der Waals surface area contributed by atoms with Gasteiger partial charge in [0.25, 0.3) is 0 Å². The van der Waals surface area contributed by atoms with Crippen molar-refractivity contribution in [2.24, 2.45) is 33.5 Å². The van der Waals surface area contributed by atoms with E-state index in [1.54, 1.807) is 13.0 Å². The Hall–Kier alpha value is -0.980. The molecular weight excluding hydrogens is 1120 g/mol. The number of carbonyl (C=O) groups is 1. The third-order valence-electron chi connectivity index (χ3n) is 20.5. The Morgan fingerprint density at radius 2 is 1.32 bits per heavy atom. The fourth-order valence-corrected chi connectivity index (χ4v) is 16.7. The molecule has 0 bridgehead atoms. The monoisotopic (exact) mass is 1200 g/mol. The van der Waals surface area contributed by atoms with Crippen molar-refractivity contribution in [2.45, 2.75) is 247 Å². The molecule has 9 aliphatic rings. The van der Waals surface area contributed by atoms with Crippen LogP contribution in [0.2, 0.25) is 0 Å². The van der Waals surface area contributed by atoms with Gasteiger partial charge in [0.05, 0.1) is 38.1 Å². The molecule has 464 valence electrons. The maximum atomic E-state index is 14.5. The number of ether oxygens (including phenoxy) is 10. The molecule has 9 rings (SSSR count). The maximum absolute atomic E-state index is 14.5. The number of carbonyl (C=O) groups excluding carboxylic acids is 1. The molecule has 8 fully saturated rings. The van der Waals surface area contributed by atoms with Crippen LogP contribution in [0.1, 0.15) is 107 Å². The molecule has 5 aliphatic heterocycles. The number of hydrogen-bond acceptors (Lipinski definition) is 26. The summed E-state index contributed by atoms with van der Waals surface area (Å²) in [6, 6.07) is 0. The first-order valence-electron chi connectivity index (χ1n) is 28.1. The number of aliphatic hydroxyl groups is 11. The largest absolute Gasteiger partial charge is 1.00 e. The predicted molar refractivity (Wildman–Crippen MR) is 272 cm³/mol. The second-order valence-corrected chi connectivity index (χ2v) is 26.5. The van der Waals surface area contributed by atoms with E-state index in [1.807, 2.05) is 40.7 Å². The molecule has 0 amide bonds. The minimum Gasteiger partial charge on any atom is -0.726 e. The van der Waals surface area contributed by atoms with Gasteiger partial charge < -0.3 is 108 Å². The van der Waals surface area contributed by atoms with Gasteiger partial charge in [0.15, 0.2) is 25.2 Å². The third kappa shape index (κ3) is 10.9. The van der Waals surface area contributed by atoms with Crippen molar-refractivity contribution in [2.75, 3.05) is 26.9 Å². The Morgan fingerprint density at radius 1 is 0.732 bits per heavy atom. The van der Waals surface area contributed by atoms with Crippen LogP contribution in [0.3, 0.4) is 0 Å². The zero-order chi connectivity index (χ0) is 59.5. The number of cyclic esters (lactones) is 1. The van der Waals surface area contributed by atoms with Crippen LogP contribution in [0.5, 0.6) is 0 Å². The fourth-order valence-electron chi connectivity index (χ4n) is 16.2. The van der Waals surface area contributed by atoms with Gasteiger partial charge in [0.2, 0.25) is 10.4 Å². The van der Waals surface area contributed by atoms with Crippen LogP contribution < -0.4 is 29.6 Å². The van der Waals surface area contributed by atoms with E-state index in [0.29, 0.717) is 44.9 Å². The summed E-state index contributed by atoms with van der Waals surface area (Å²) in [7, 11) is -4.26. The molecule has 5 saturated heterocycles. The minimum absolute atomic E-state index is 0. The number of hydrogen-bond donors (Lipinski definition) is 11. The predicted octanol–water partition coefficient (Wildman–Crippen LogP) is -4.81.